The Morgan fingerprint density at radius 2 is 2.21 bits per heavy atom. The van der Waals surface area contributed by atoms with Crippen molar-refractivity contribution in [1.82, 2.24) is 5.32 Å². The van der Waals surface area contributed by atoms with Crippen molar-refractivity contribution in [3.8, 4) is 0 Å². The molecule has 0 amide bonds. The summed E-state index contributed by atoms with van der Waals surface area (Å²) in [5.74, 6) is -2.12. The van der Waals surface area contributed by atoms with Crippen LogP contribution in [0.2, 0.25) is 0 Å². The molecule has 0 saturated carbocycles. The maximum Gasteiger partial charge on any atom is 0.222 e. The van der Waals surface area contributed by atoms with E-state index < -0.39 is 5.91 Å². The van der Waals surface area contributed by atoms with Gasteiger partial charge in [0.1, 0.15) is 5.82 Å². The molecule has 1 fully saturated rings. The fraction of sp³-hybridized carbons (Fsp3) is 0.400. The molecule has 4 heteroatoms. The molecule has 1 aliphatic rings. The third-order valence-corrected chi connectivity index (χ3v) is 2.44. The summed E-state index contributed by atoms with van der Waals surface area (Å²) in [5.41, 5.74) is 0.745. The lowest BCUT2D eigenvalue weighted by atomic mass is 10.1. The third kappa shape index (κ3) is 1.92. The molecule has 0 aliphatic carbocycles. The summed E-state index contributed by atoms with van der Waals surface area (Å²) in [7, 11) is 0. The van der Waals surface area contributed by atoms with E-state index in [2.05, 4.69) is 5.32 Å². The number of hydrogen-bond donors (Lipinski definition) is 3. The molecule has 1 heterocycles. The van der Waals surface area contributed by atoms with Crippen LogP contribution in [0.1, 0.15) is 24.4 Å². The highest BCUT2D eigenvalue weighted by atomic mass is 19.1. The van der Waals surface area contributed by atoms with Crippen molar-refractivity contribution in [1.29, 1.82) is 0 Å². The van der Waals surface area contributed by atoms with E-state index in [1.807, 2.05) is 0 Å². The second-order valence-electron chi connectivity index (χ2n) is 3.61. The normalized spacial score (nSPS) is 25.2. The van der Waals surface area contributed by atoms with Crippen molar-refractivity contribution in [2.45, 2.75) is 24.8 Å². The van der Waals surface area contributed by atoms with Gasteiger partial charge in [-0.05, 0) is 24.1 Å². The van der Waals surface area contributed by atoms with Gasteiger partial charge in [0.15, 0.2) is 0 Å². The fourth-order valence-corrected chi connectivity index (χ4v) is 1.74. The number of rotatable bonds is 1. The quantitative estimate of drug-likeness (QED) is 0.586. The third-order valence-electron chi connectivity index (χ3n) is 2.44. The minimum absolute atomic E-state index is 0.180. The lowest BCUT2D eigenvalue weighted by molar-refractivity contribution is -0.173. The van der Waals surface area contributed by atoms with Gasteiger partial charge >= 0.3 is 0 Å². The summed E-state index contributed by atoms with van der Waals surface area (Å²) in [4.78, 5) is 0. The second kappa shape index (κ2) is 3.31. The van der Waals surface area contributed by atoms with Crippen LogP contribution in [0.25, 0.3) is 0 Å². The van der Waals surface area contributed by atoms with E-state index in [9.17, 15) is 14.6 Å². The Hall–Kier alpha value is -0.970. The molecule has 0 radical (unpaired) electrons. The Morgan fingerprint density at radius 1 is 1.43 bits per heavy atom. The molecule has 0 spiro atoms. The van der Waals surface area contributed by atoms with E-state index in [1.54, 1.807) is 12.1 Å². The molecule has 1 saturated heterocycles. The first-order valence-electron chi connectivity index (χ1n) is 4.55. The molecule has 1 aromatic rings. The van der Waals surface area contributed by atoms with Crippen LogP contribution >= 0.6 is 0 Å². The van der Waals surface area contributed by atoms with Gasteiger partial charge in [-0.1, -0.05) is 12.1 Å². The van der Waals surface area contributed by atoms with Crippen molar-refractivity contribution in [3.05, 3.63) is 35.6 Å². The molecule has 2 rings (SSSR count). The molecule has 1 aliphatic heterocycles. The molecule has 76 valence electrons. The molecule has 3 N–H and O–H groups in total. The Balaban J connectivity index is 2.17. The van der Waals surface area contributed by atoms with Gasteiger partial charge in [-0.3, -0.25) is 5.32 Å². The van der Waals surface area contributed by atoms with Crippen LogP contribution in [0.3, 0.4) is 0 Å². The summed E-state index contributed by atoms with van der Waals surface area (Å²) < 4.78 is 12.9. The van der Waals surface area contributed by atoms with E-state index in [-0.39, 0.29) is 18.3 Å². The van der Waals surface area contributed by atoms with Gasteiger partial charge in [0.2, 0.25) is 5.91 Å². The predicted octanol–water partition coefficient (Wildman–Crippen LogP) is 0.889. The average Bonchev–Trinajstić information content (AvgIpc) is 2.46. The summed E-state index contributed by atoms with van der Waals surface area (Å²) in [6.45, 7) is 0. The first-order valence-corrected chi connectivity index (χ1v) is 4.55. The Morgan fingerprint density at radius 3 is 2.79 bits per heavy atom. The zero-order chi connectivity index (χ0) is 10.2. The van der Waals surface area contributed by atoms with Crippen molar-refractivity contribution in [2.24, 2.45) is 0 Å². The van der Waals surface area contributed by atoms with E-state index in [1.165, 1.54) is 12.1 Å². The molecular formula is C10H12FNO2. The summed E-state index contributed by atoms with van der Waals surface area (Å²) in [6, 6.07) is 5.96. The number of benzene rings is 1. The second-order valence-corrected chi connectivity index (χ2v) is 3.61. The topological polar surface area (TPSA) is 52.5 Å². The molecule has 1 atom stereocenters. The summed E-state index contributed by atoms with van der Waals surface area (Å²) >= 11 is 0. The van der Waals surface area contributed by atoms with Crippen molar-refractivity contribution >= 4 is 0 Å². The van der Waals surface area contributed by atoms with Gasteiger partial charge in [-0.2, -0.15) is 0 Å². The summed E-state index contributed by atoms with van der Waals surface area (Å²) in [6.07, 6.45) is 0.852. The van der Waals surface area contributed by atoms with Gasteiger partial charge in [0.25, 0.3) is 0 Å². The van der Waals surface area contributed by atoms with E-state index >= 15 is 0 Å². The van der Waals surface area contributed by atoms with E-state index in [0.717, 1.165) is 5.56 Å². The number of nitrogens with one attached hydrogen (secondary N) is 1. The lowest BCUT2D eigenvalue weighted by Gasteiger charge is -2.17. The highest BCUT2D eigenvalue weighted by Crippen LogP contribution is 2.29. The first kappa shape index (κ1) is 9.58. The van der Waals surface area contributed by atoms with Crippen LogP contribution in [0.5, 0.6) is 0 Å². The molecule has 3 nitrogen and oxygen atoms in total. The van der Waals surface area contributed by atoms with Gasteiger partial charge in [-0.25, -0.2) is 4.39 Å². The standard InChI is InChI=1S/C10H12FNO2/c11-8-3-1-2-7(6-8)9-4-5-10(13,14)12-9/h1-3,6,9,12-14H,4-5H2. The van der Waals surface area contributed by atoms with Crippen LogP contribution in [-0.4, -0.2) is 16.1 Å². The SMILES string of the molecule is OC1(O)CCC(c2cccc(F)c2)N1. The number of hydrogen-bond acceptors (Lipinski definition) is 3. The smallest absolute Gasteiger partial charge is 0.222 e. The van der Waals surface area contributed by atoms with Crippen molar-refractivity contribution in [3.63, 3.8) is 0 Å². The molecular weight excluding hydrogens is 185 g/mol. The zero-order valence-electron chi connectivity index (χ0n) is 7.57. The molecule has 1 unspecified atom stereocenters. The van der Waals surface area contributed by atoms with Crippen molar-refractivity contribution in [2.75, 3.05) is 0 Å². The minimum atomic E-state index is -1.81. The lowest BCUT2D eigenvalue weighted by Crippen LogP contribution is -2.39. The van der Waals surface area contributed by atoms with Gasteiger partial charge in [-0.15, -0.1) is 0 Å². The van der Waals surface area contributed by atoms with Crippen LogP contribution in [0.4, 0.5) is 4.39 Å². The zero-order valence-corrected chi connectivity index (χ0v) is 7.57. The molecule has 0 aromatic heterocycles. The van der Waals surface area contributed by atoms with E-state index in [0.29, 0.717) is 6.42 Å². The monoisotopic (exact) mass is 197 g/mol. The van der Waals surface area contributed by atoms with E-state index in [4.69, 9.17) is 0 Å². The Bertz CT molecular complexity index is 341. The maximum atomic E-state index is 12.9. The number of aliphatic hydroxyl groups is 2. The largest absolute Gasteiger partial charge is 0.353 e. The van der Waals surface area contributed by atoms with Crippen LogP contribution in [0.15, 0.2) is 24.3 Å². The Kier molecular flexibility index (Phi) is 2.26. The highest BCUT2D eigenvalue weighted by Gasteiger charge is 2.34. The number of halogens is 1. The average molecular weight is 197 g/mol. The van der Waals surface area contributed by atoms with Crippen LogP contribution in [-0.2, 0) is 0 Å². The molecule has 0 bridgehead atoms. The highest BCUT2D eigenvalue weighted by molar-refractivity contribution is 5.21. The fourth-order valence-electron chi connectivity index (χ4n) is 1.74. The van der Waals surface area contributed by atoms with Gasteiger partial charge in [0.05, 0.1) is 0 Å². The van der Waals surface area contributed by atoms with Crippen LogP contribution < -0.4 is 5.32 Å². The Labute approximate surface area is 81.2 Å². The first-order chi connectivity index (χ1) is 6.57. The van der Waals surface area contributed by atoms with Crippen LogP contribution in [0, 0.1) is 5.82 Å². The summed E-state index contributed by atoms with van der Waals surface area (Å²) in [5, 5.41) is 21.1. The maximum absolute atomic E-state index is 12.9. The predicted molar refractivity (Wildman–Crippen MR) is 48.7 cm³/mol. The minimum Gasteiger partial charge on any atom is -0.353 e. The van der Waals surface area contributed by atoms with Gasteiger partial charge < -0.3 is 10.2 Å². The molecule has 1 aromatic carbocycles. The molecule has 14 heavy (non-hydrogen) atoms. The van der Waals surface area contributed by atoms with Gasteiger partial charge in [0, 0.05) is 12.5 Å². The van der Waals surface area contributed by atoms with Crippen molar-refractivity contribution < 1.29 is 14.6 Å².